The zero-order valence-electron chi connectivity index (χ0n) is 48.9. The van der Waals surface area contributed by atoms with Gasteiger partial charge in [-0.1, -0.05) is 330 Å². The van der Waals surface area contributed by atoms with Gasteiger partial charge in [-0.05, 0) is 31.1 Å². The molecule has 0 aromatic carbocycles. The molecular formula is C65H126O6. The summed E-state index contributed by atoms with van der Waals surface area (Å²) in [4.78, 5) is 38.3. The van der Waals surface area contributed by atoms with Crippen LogP contribution in [0.25, 0.3) is 0 Å². The molecule has 2 atom stereocenters. The molecule has 422 valence electrons. The van der Waals surface area contributed by atoms with Crippen molar-refractivity contribution in [1.29, 1.82) is 0 Å². The Labute approximate surface area is 444 Å². The first-order chi connectivity index (χ1) is 34.8. The van der Waals surface area contributed by atoms with Crippen LogP contribution in [0.3, 0.4) is 0 Å². The first-order valence-corrected chi connectivity index (χ1v) is 32.3. The molecule has 0 spiro atoms. The number of hydrogen-bond donors (Lipinski definition) is 0. The second kappa shape index (κ2) is 57.7. The van der Waals surface area contributed by atoms with Gasteiger partial charge in [0.15, 0.2) is 6.10 Å². The Bertz CT molecular complexity index is 1090. The zero-order valence-corrected chi connectivity index (χ0v) is 48.9. The number of unbranched alkanes of at least 4 members (excludes halogenated alkanes) is 43. The molecule has 0 N–H and O–H groups in total. The van der Waals surface area contributed by atoms with Crippen LogP contribution in [0.5, 0.6) is 0 Å². The van der Waals surface area contributed by atoms with Crippen molar-refractivity contribution >= 4 is 17.9 Å². The fourth-order valence-electron chi connectivity index (χ4n) is 10.1. The fourth-order valence-corrected chi connectivity index (χ4v) is 10.1. The van der Waals surface area contributed by atoms with Gasteiger partial charge in [-0.2, -0.15) is 0 Å². The Morgan fingerprint density at radius 3 is 0.803 bits per heavy atom. The summed E-state index contributed by atoms with van der Waals surface area (Å²) in [6.07, 6.45) is 63.8. The lowest BCUT2D eigenvalue weighted by atomic mass is 9.99. The van der Waals surface area contributed by atoms with Crippen LogP contribution in [0, 0.1) is 11.8 Å². The van der Waals surface area contributed by atoms with Crippen LogP contribution in [0.2, 0.25) is 0 Å². The van der Waals surface area contributed by atoms with Crippen LogP contribution in [0.15, 0.2) is 0 Å². The van der Waals surface area contributed by atoms with E-state index < -0.39 is 6.10 Å². The molecule has 0 fully saturated rings. The molecule has 0 aliphatic rings. The molecule has 0 saturated carbocycles. The maximum absolute atomic E-state index is 12.9. The molecule has 0 radical (unpaired) electrons. The summed E-state index contributed by atoms with van der Waals surface area (Å²) in [5, 5.41) is 0. The van der Waals surface area contributed by atoms with Gasteiger partial charge in [0.05, 0.1) is 0 Å². The van der Waals surface area contributed by atoms with Gasteiger partial charge >= 0.3 is 17.9 Å². The van der Waals surface area contributed by atoms with Crippen LogP contribution in [-0.2, 0) is 28.6 Å². The summed E-state index contributed by atoms with van der Waals surface area (Å²) < 4.78 is 17.0. The highest BCUT2D eigenvalue weighted by Gasteiger charge is 2.19. The number of hydrogen-bond acceptors (Lipinski definition) is 6. The summed E-state index contributed by atoms with van der Waals surface area (Å²) in [6.45, 7) is 11.5. The summed E-state index contributed by atoms with van der Waals surface area (Å²) in [6, 6.07) is 0. The third-order valence-electron chi connectivity index (χ3n) is 15.3. The molecule has 0 saturated heterocycles. The highest BCUT2D eigenvalue weighted by atomic mass is 16.6. The number of carbonyl (C=O) groups excluding carboxylic acids is 3. The first-order valence-electron chi connectivity index (χ1n) is 32.3. The number of rotatable bonds is 59. The standard InChI is InChI=1S/C65H126O6/c1-6-8-9-10-11-12-13-14-15-21-24-30-35-40-45-50-55-63(66)69-58-62(71-65(68)57-52-47-42-37-32-27-26-28-33-38-43-48-53-60(3)4)59-70-64(67)56-51-46-41-36-31-25-22-19-17-16-18-20-23-29-34-39-44-49-54-61(5)7-2/h60-62H,6-59H2,1-5H3/t61?,62-/m1/s1. The molecule has 71 heavy (non-hydrogen) atoms. The van der Waals surface area contributed by atoms with Crippen molar-refractivity contribution in [3.63, 3.8) is 0 Å². The van der Waals surface area contributed by atoms with Crippen molar-refractivity contribution in [1.82, 2.24) is 0 Å². The molecule has 0 aliphatic heterocycles. The SMILES string of the molecule is CCCCCCCCCCCCCCCCCCC(=O)OC[C@H](COC(=O)CCCCCCCCCCCCCCCCCCCCC(C)CC)OC(=O)CCCCCCCCCCCCCCC(C)C. The Kier molecular flexibility index (Phi) is 56.4. The lowest BCUT2D eigenvalue weighted by Gasteiger charge is -2.18. The van der Waals surface area contributed by atoms with E-state index in [1.807, 2.05) is 0 Å². The van der Waals surface area contributed by atoms with Gasteiger partial charge in [-0.25, -0.2) is 0 Å². The summed E-state index contributed by atoms with van der Waals surface area (Å²) in [5.41, 5.74) is 0. The first kappa shape index (κ1) is 69.4. The van der Waals surface area contributed by atoms with Crippen LogP contribution < -0.4 is 0 Å². The number of carbonyl (C=O) groups is 3. The van der Waals surface area contributed by atoms with Crippen LogP contribution >= 0.6 is 0 Å². The molecule has 1 unspecified atom stereocenters. The molecule has 6 heteroatoms. The summed E-state index contributed by atoms with van der Waals surface area (Å²) >= 11 is 0. The van der Waals surface area contributed by atoms with Crippen LogP contribution in [0.1, 0.15) is 369 Å². The highest BCUT2D eigenvalue weighted by molar-refractivity contribution is 5.71. The van der Waals surface area contributed by atoms with Crippen molar-refractivity contribution in [2.75, 3.05) is 13.2 Å². The van der Waals surface area contributed by atoms with Crippen LogP contribution in [-0.4, -0.2) is 37.2 Å². The van der Waals surface area contributed by atoms with E-state index in [-0.39, 0.29) is 31.1 Å². The van der Waals surface area contributed by atoms with E-state index in [0.29, 0.717) is 19.3 Å². The van der Waals surface area contributed by atoms with E-state index in [1.165, 1.54) is 257 Å². The number of ether oxygens (including phenoxy) is 3. The van der Waals surface area contributed by atoms with Gasteiger partial charge in [0.25, 0.3) is 0 Å². The molecule has 0 aromatic heterocycles. The Morgan fingerprint density at radius 2 is 0.535 bits per heavy atom. The zero-order chi connectivity index (χ0) is 51.8. The average molecular weight is 1000 g/mol. The van der Waals surface area contributed by atoms with Gasteiger partial charge in [0.2, 0.25) is 0 Å². The third-order valence-corrected chi connectivity index (χ3v) is 15.3. The minimum atomic E-state index is -0.764. The predicted molar refractivity (Wildman–Crippen MR) is 307 cm³/mol. The molecule has 0 aromatic rings. The Morgan fingerprint density at radius 1 is 0.296 bits per heavy atom. The highest BCUT2D eigenvalue weighted by Crippen LogP contribution is 2.19. The lowest BCUT2D eigenvalue weighted by Crippen LogP contribution is -2.30. The summed E-state index contributed by atoms with van der Waals surface area (Å²) in [5.74, 6) is 0.911. The molecule has 0 amide bonds. The minimum Gasteiger partial charge on any atom is -0.462 e. The van der Waals surface area contributed by atoms with E-state index in [9.17, 15) is 14.4 Å². The van der Waals surface area contributed by atoms with E-state index >= 15 is 0 Å². The van der Waals surface area contributed by atoms with Crippen molar-refractivity contribution in [3.05, 3.63) is 0 Å². The average Bonchev–Trinajstić information content (AvgIpc) is 3.36. The fraction of sp³-hybridized carbons (Fsp3) is 0.954. The normalized spacial score (nSPS) is 12.4. The van der Waals surface area contributed by atoms with Crippen molar-refractivity contribution in [2.24, 2.45) is 11.8 Å². The van der Waals surface area contributed by atoms with Crippen molar-refractivity contribution in [3.8, 4) is 0 Å². The Hall–Kier alpha value is -1.59. The molecule has 0 bridgehead atoms. The van der Waals surface area contributed by atoms with Gasteiger partial charge in [0.1, 0.15) is 13.2 Å². The molecule has 0 heterocycles. The second-order valence-corrected chi connectivity index (χ2v) is 23.1. The Balaban J connectivity index is 4.25. The monoisotopic (exact) mass is 1000 g/mol. The third kappa shape index (κ3) is 57.5. The van der Waals surface area contributed by atoms with Crippen LogP contribution in [0.4, 0.5) is 0 Å². The predicted octanol–water partition coefficient (Wildman–Crippen LogP) is 21.6. The number of esters is 3. The largest absolute Gasteiger partial charge is 0.462 e. The lowest BCUT2D eigenvalue weighted by molar-refractivity contribution is -0.167. The maximum atomic E-state index is 12.9. The topological polar surface area (TPSA) is 78.9 Å². The van der Waals surface area contributed by atoms with Gasteiger partial charge < -0.3 is 14.2 Å². The second-order valence-electron chi connectivity index (χ2n) is 23.1. The van der Waals surface area contributed by atoms with Gasteiger partial charge in [-0.15, -0.1) is 0 Å². The molecule has 6 nitrogen and oxygen atoms in total. The van der Waals surface area contributed by atoms with Crippen molar-refractivity contribution in [2.45, 2.75) is 375 Å². The van der Waals surface area contributed by atoms with E-state index in [4.69, 9.17) is 14.2 Å². The maximum Gasteiger partial charge on any atom is 0.306 e. The van der Waals surface area contributed by atoms with Crippen molar-refractivity contribution < 1.29 is 28.6 Å². The van der Waals surface area contributed by atoms with E-state index in [1.54, 1.807) is 0 Å². The van der Waals surface area contributed by atoms with E-state index in [2.05, 4.69) is 34.6 Å². The van der Waals surface area contributed by atoms with E-state index in [0.717, 1.165) is 69.6 Å². The molecule has 0 rings (SSSR count). The quantitative estimate of drug-likeness (QED) is 0.0343. The molecular weight excluding hydrogens is 877 g/mol. The van der Waals surface area contributed by atoms with Gasteiger partial charge in [0, 0.05) is 19.3 Å². The van der Waals surface area contributed by atoms with Gasteiger partial charge in [-0.3, -0.25) is 14.4 Å². The smallest absolute Gasteiger partial charge is 0.306 e. The molecule has 0 aliphatic carbocycles. The minimum absolute atomic E-state index is 0.0619. The summed E-state index contributed by atoms with van der Waals surface area (Å²) in [7, 11) is 0.